The average Bonchev–Trinajstić information content (AvgIpc) is 3.78. The van der Waals surface area contributed by atoms with Gasteiger partial charge in [-0.05, 0) is 50.3 Å². The first-order chi connectivity index (χ1) is 20.7. The molecule has 9 nitrogen and oxygen atoms in total. The Bertz CT molecular complexity index is 1910. The van der Waals surface area contributed by atoms with Crippen molar-refractivity contribution < 1.29 is 22.6 Å². The summed E-state index contributed by atoms with van der Waals surface area (Å²) in [6, 6.07) is 4.38. The van der Waals surface area contributed by atoms with Crippen LogP contribution in [0.2, 0.25) is 0 Å². The first-order valence-corrected chi connectivity index (χ1v) is 15.5. The second-order valence-electron chi connectivity index (χ2n) is 12.6. The van der Waals surface area contributed by atoms with Crippen LogP contribution in [0.3, 0.4) is 0 Å². The molecule has 0 spiro atoms. The van der Waals surface area contributed by atoms with Crippen molar-refractivity contribution in [1.82, 2.24) is 30.5 Å². The van der Waals surface area contributed by atoms with E-state index in [1.165, 1.54) is 30.5 Å². The number of nitrogens with zero attached hydrogens (tertiary/aromatic N) is 5. The molecule has 4 aliphatic heterocycles. The van der Waals surface area contributed by atoms with Crippen molar-refractivity contribution in [2.24, 2.45) is 5.41 Å². The monoisotopic (exact) mass is 607 g/mol. The number of aromatic amines is 1. The van der Waals surface area contributed by atoms with Gasteiger partial charge in [0.1, 0.15) is 10.6 Å². The molecular formula is C30H28F3N7O2S. The molecule has 2 atom stereocenters. The number of halogens is 3. The third-order valence-corrected chi connectivity index (χ3v) is 10.7. The van der Waals surface area contributed by atoms with Gasteiger partial charge in [-0.1, -0.05) is 0 Å². The smallest absolute Gasteiger partial charge is 0.417 e. The molecule has 43 heavy (non-hydrogen) atoms. The zero-order chi connectivity index (χ0) is 29.1. The van der Waals surface area contributed by atoms with E-state index in [4.69, 9.17) is 19.4 Å². The number of nitrogens with one attached hydrogen (secondary N) is 2. The summed E-state index contributed by atoms with van der Waals surface area (Å²) in [6.45, 7) is 4.23. The quantitative estimate of drug-likeness (QED) is 0.266. The molecule has 4 aromatic heterocycles. The number of anilines is 1. The number of hydrogen-bond acceptors (Lipinski definition) is 9. The zero-order valence-corrected chi connectivity index (χ0v) is 24.1. The number of aromatic nitrogens is 5. The normalized spacial score (nSPS) is 26.6. The lowest BCUT2D eigenvalue weighted by atomic mass is 9.71. The van der Waals surface area contributed by atoms with Gasteiger partial charge in [0, 0.05) is 53.1 Å². The molecule has 2 unspecified atom stereocenters. The van der Waals surface area contributed by atoms with Crippen LogP contribution in [0.15, 0.2) is 24.5 Å². The van der Waals surface area contributed by atoms with Crippen LogP contribution in [-0.2, 0) is 10.9 Å². The maximum Gasteiger partial charge on any atom is 0.417 e. The molecule has 5 aliphatic rings. The largest absolute Gasteiger partial charge is 0.463 e. The molecule has 5 fully saturated rings. The van der Waals surface area contributed by atoms with Crippen LogP contribution >= 0.6 is 11.3 Å². The Morgan fingerprint density at radius 2 is 1.98 bits per heavy atom. The van der Waals surface area contributed by atoms with E-state index in [1.807, 2.05) is 6.07 Å². The van der Waals surface area contributed by atoms with Crippen molar-refractivity contribution in [2.75, 3.05) is 31.2 Å². The summed E-state index contributed by atoms with van der Waals surface area (Å²) in [5, 5.41) is 12.6. The minimum atomic E-state index is -4.58. The van der Waals surface area contributed by atoms with E-state index in [-0.39, 0.29) is 22.2 Å². The first-order valence-electron chi connectivity index (χ1n) is 14.6. The van der Waals surface area contributed by atoms with Crippen molar-refractivity contribution in [3.63, 3.8) is 0 Å². The summed E-state index contributed by atoms with van der Waals surface area (Å²) in [5.41, 5.74) is 0.244. The van der Waals surface area contributed by atoms with E-state index in [9.17, 15) is 13.2 Å². The van der Waals surface area contributed by atoms with Crippen molar-refractivity contribution in [1.29, 1.82) is 0 Å². The van der Waals surface area contributed by atoms with E-state index in [2.05, 4.69) is 25.4 Å². The minimum Gasteiger partial charge on any atom is -0.463 e. The summed E-state index contributed by atoms with van der Waals surface area (Å²) in [4.78, 5) is 17.4. The van der Waals surface area contributed by atoms with Gasteiger partial charge in [-0.2, -0.15) is 28.2 Å². The Morgan fingerprint density at radius 1 is 1.16 bits per heavy atom. The zero-order valence-electron chi connectivity index (χ0n) is 23.3. The Balaban J connectivity index is 1.25. The van der Waals surface area contributed by atoms with Crippen LogP contribution in [0.1, 0.15) is 36.8 Å². The van der Waals surface area contributed by atoms with Crippen molar-refractivity contribution in [3.05, 3.63) is 35.7 Å². The van der Waals surface area contributed by atoms with Gasteiger partial charge >= 0.3 is 12.2 Å². The number of thiophene rings is 1. The van der Waals surface area contributed by atoms with Crippen LogP contribution in [0.5, 0.6) is 6.01 Å². The first kappa shape index (κ1) is 25.9. The lowest BCUT2D eigenvalue weighted by Gasteiger charge is -2.35. The Hall–Kier alpha value is -3.55. The van der Waals surface area contributed by atoms with Gasteiger partial charge in [0.15, 0.2) is 0 Å². The van der Waals surface area contributed by atoms with E-state index >= 15 is 0 Å². The molecule has 4 bridgehead atoms. The molecule has 0 radical (unpaired) electrons. The highest BCUT2D eigenvalue weighted by atomic mass is 32.1. The summed E-state index contributed by atoms with van der Waals surface area (Å²) < 4.78 is 56.5. The number of benzene rings is 1. The number of fused-ring (bicyclic) bond motifs is 7. The van der Waals surface area contributed by atoms with Crippen molar-refractivity contribution in [3.8, 4) is 17.3 Å². The fourth-order valence-corrected chi connectivity index (χ4v) is 8.81. The predicted molar refractivity (Wildman–Crippen MR) is 157 cm³/mol. The summed E-state index contributed by atoms with van der Waals surface area (Å²) in [5.74, 6) is 0.766. The van der Waals surface area contributed by atoms with Gasteiger partial charge in [0.05, 0.1) is 52.4 Å². The second kappa shape index (κ2) is 8.99. The number of alkyl halides is 3. The van der Waals surface area contributed by atoms with Crippen molar-refractivity contribution >= 4 is 48.4 Å². The predicted octanol–water partition coefficient (Wildman–Crippen LogP) is 5.61. The molecular weight excluding hydrogens is 579 g/mol. The third-order valence-electron chi connectivity index (χ3n) is 9.64. The molecule has 0 amide bonds. The van der Waals surface area contributed by atoms with Gasteiger partial charge in [0.25, 0.3) is 0 Å². The van der Waals surface area contributed by atoms with Gasteiger partial charge < -0.3 is 19.7 Å². The highest BCUT2D eigenvalue weighted by Gasteiger charge is 2.52. The van der Waals surface area contributed by atoms with Crippen LogP contribution in [-0.4, -0.2) is 69.6 Å². The molecule has 13 heteroatoms. The van der Waals surface area contributed by atoms with E-state index in [1.54, 1.807) is 6.20 Å². The third kappa shape index (κ3) is 3.97. The van der Waals surface area contributed by atoms with Crippen molar-refractivity contribution in [2.45, 2.75) is 57.0 Å². The molecule has 222 valence electrons. The highest BCUT2D eigenvalue weighted by Crippen LogP contribution is 2.51. The van der Waals surface area contributed by atoms with Crippen LogP contribution < -0.4 is 15.0 Å². The number of ether oxygens (including phenoxy) is 2. The summed E-state index contributed by atoms with van der Waals surface area (Å²) in [6.07, 6.45) is 2.96. The SMILES string of the molecule is Cc1cc2[nH]ncc2c(-c2nccc3c2sc2nc(OCC45COC(C4)C5)nc(N4CC5CCC(C4)N5)c23)c1C(F)(F)F. The fraction of sp³-hybridized carbons (Fsp3) is 0.467. The van der Waals surface area contributed by atoms with E-state index < -0.39 is 11.7 Å². The van der Waals surface area contributed by atoms with Crippen LogP contribution in [0.25, 0.3) is 42.5 Å². The molecule has 10 rings (SSSR count). The number of H-pyrrole nitrogens is 1. The molecule has 1 aliphatic carbocycles. The number of aryl methyl sites for hydroxylation is 1. The summed E-state index contributed by atoms with van der Waals surface area (Å²) >= 11 is 1.34. The molecule has 5 aromatic rings. The van der Waals surface area contributed by atoms with Crippen LogP contribution in [0, 0.1) is 12.3 Å². The second-order valence-corrected chi connectivity index (χ2v) is 13.6. The number of piperazine rings is 1. The maximum absolute atomic E-state index is 14.6. The Kier molecular flexibility index (Phi) is 5.42. The van der Waals surface area contributed by atoms with Crippen LogP contribution in [0.4, 0.5) is 19.0 Å². The van der Waals surface area contributed by atoms with Gasteiger partial charge in [-0.25, -0.2) is 0 Å². The molecule has 1 saturated carbocycles. The van der Waals surface area contributed by atoms with E-state index in [0.29, 0.717) is 57.8 Å². The number of pyridine rings is 1. The standard InChI is InChI=1S/C30H28F3N7O2S/c1-14-6-20-19(9-35-39-20)21(23(14)30(31,32)33)24-25-18(4-5-34-24)22-26(40-10-15-2-3-16(11-40)36-15)37-28(38-27(22)43-25)42-13-29-7-17(8-29)41-12-29/h4-6,9,15-17,36H,2-3,7-8,10-13H2,1H3,(H,35,39). The molecule has 4 saturated heterocycles. The number of rotatable bonds is 5. The minimum absolute atomic E-state index is 0.0175. The number of hydrogen-bond donors (Lipinski definition) is 2. The maximum atomic E-state index is 14.6. The lowest BCUT2D eigenvalue weighted by molar-refractivity contribution is -0.137. The summed E-state index contributed by atoms with van der Waals surface area (Å²) in [7, 11) is 0. The molecule has 1 aromatic carbocycles. The topological polar surface area (TPSA) is 101 Å². The molecule has 2 N–H and O–H groups in total. The average molecular weight is 608 g/mol. The van der Waals surface area contributed by atoms with Gasteiger partial charge in [-0.3, -0.25) is 10.1 Å². The van der Waals surface area contributed by atoms with E-state index in [0.717, 1.165) is 55.4 Å². The Labute approximate surface area is 247 Å². The lowest BCUT2D eigenvalue weighted by Crippen LogP contribution is -2.51. The van der Waals surface area contributed by atoms with Gasteiger partial charge in [-0.15, -0.1) is 11.3 Å². The molecule has 8 heterocycles. The fourth-order valence-electron chi connectivity index (χ4n) is 7.66. The highest BCUT2D eigenvalue weighted by molar-refractivity contribution is 7.26. The Morgan fingerprint density at radius 3 is 2.72 bits per heavy atom. The van der Waals surface area contributed by atoms with Gasteiger partial charge in [0.2, 0.25) is 0 Å².